The second kappa shape index (κ2) is 5.29. The summed E-state index contributed by atoms with van der Waals surface area (Å²) in [6, 6.07) is 5.64. The molecule has 4 unspecified atom stereocenters. The van der Waals surface area contributed by atoms with Crippen molar-refractivity contribution >= 4 is 0 Å². The summed E-state index contributed by atoms with van der Waals surface area (Å²) in [5.74, 6) is 3.81. The van der Waals surface area contributed by atoms with Crippen LogP contribution in [0.5, 0.6) is 0 Å². The fourth-order valence-corrected chi connectivity index (χ4v) is 3.13. The molecular formula is C16H26N2O. The number of piperidine rings is 1. The predicted octanol–water partition coefficient (Wildman–Crippen LogP) is 2.98. The summed E-state index contributed by atoms with van der Waals surface area (Å²) in [5, 5.41) is 3.65. The highest BCUT2D eigenvalue weighted by Crippen LogP contribution is 2.47. The monoisotopic (exact) mass is 262 g/mol. The molecule has 0 radical (unpaired) electrons. The highest BCUT2D eigenvalue weighted by Gasteiger charge is 2.36. The minimum atomic E-state index is 0.639. The molecule has 3 rings (SSSR count). The highest BCUT2D eigenvalue weighted by molar-refractivity contribution is 5.17. The van der Waals surface area contributed by atoms with Crippen molar-refractivity contribution in [1.29, 1.82) is 0 Å². The summed E-state index contributed by atoms with van der Waals surface area (Å²) >= 11 is 0. The van der Waals surface area contributed by atoms with Gasteiger partial charge in [-0.05, 0) is 57.8 Å². The second-order valence-corrected chi connectivity index (χ2v) is 6.56. The highest BCUT2D eigenvalue weighted by atomic mass is 16.3. The third-order valence-corrected chi connectivity index (χ3v) is 4.93. The quantitative estimate of drug-likeness (QED) is 0.904. The van der Waals surface area contributed by atoms with Gasteiger partial charge in [0.25, 0.3) is 0 Å². The molecule has 2 aliphatic rings. The molecule has 2 fully saturated rings. The normalized spacial score (nSPS) is 35.5. The van der Waals surface area contributed by atoms with E-state index in [0.29, 0.717) is 18.0 Å². The maximum atomic E-state index is 5.94. The van der Waals surface area contributed by atoms with Crippen LogP contribution in [-0.4, -0.2) is 30.6 Å². The van der Waals surface area contributed by atoms with Crippen molar-refractivity contribution in [3.63, 3.8) is 0 Å². The third kappa shape index (κ3) is 3.03. The fourth-order valence-electron chi connectivity index (χ4n) is 3.13. The minimum absolute atomic E-state index is 0.639. The molecule has 3 nitrogen and oxygen atoms in total. The van der Waals surface area contributed by atoms with Crippen LogP contribution in [0.15, 0.2) is 16.5 Å². The van der Waals surface area contributed by atoms with Crippen molar-refractivity contribution < 1.29 is 4.42 Å². The number of likely N-dealkylation sites (tertiary alicyclic amines) is 1. The van der Waals surface area contributed by atoms with Gasteiger partial charge < -0.3 is 14.6 Å². The molecule has 2 heterocycles. The Morgan fingerprint density at radius 2 is 2.11 bits per heavy atom. The van der Waals surface area contributed by atoms with Crippen molar-refractivity contribution in [1.82, 2.24) is 10.2 Å². The summed E-state index contributed by atoms with van der Waals surface area (Å²) in [5.41, 5.74) is 0. The molecule has 0 spiro atoms. The molecule has 19 heavy (non-hydrogen) atoms. The first-order chi connectivity index (χ1) is 9.13. The van der Waals surface area contributed by atoms with Gasteiger partial charge in [0.15, 0.2) is 0 Å². The van der Waals surface area contributed by atoms with E-state index in [9.17, 15) is 0 Å². The van der Waals surface area contributed by atoms with Crippen LogP contribution < -0.4 is 5.32 Å². The Morgan fingerprint density at radius 1 is 1.32 bits per heavy atom. The van der Waals surface area contributed by atoms with Gasteiger partial charge in [0.05, 0.1) is 6.54 Å². The van der Waals surface area contributed by atoms with E-state index in [1.807, 2.05) is 0 Å². The van der Waals surface area contributed by atoms with Gasteiger partial charge >= 0.3 is 0 Å². The number of nitrogens with zero attached hydrogens (tertiary/aromatic N) is 1. The van der Waals surface area contributed by atoms with E-state index in [0.717, 1.165) is 18.2 Å². The molecule has 4 atom stereocenters. The zero-order valence-corrected chi connectivity index (χ0v) is 12.4. The smallest absolute Gasteiger partial charge is 0.117 e. The van der Waals surface area contributed by atoms with Crippen molar-refractivity contribution in [3.8, 4) is 0 Å². The fraction of sp³-hybridized carbons (Fsp3) is 0.750. The standard InChI is InChI=1S/C16H26N2O/c1-11-8-15(11)16-5-4-14(19-16)10-17-13-6-7-18(3)12(2)9-13/h4-5,11-13,15,17H,6-10H2,1-3H3. The molecule has 1 N–H and O–H groups in total. The lowest BCUT2D eigenvalue weighted by molar-refractivity contribution is 0.166. The van der Waals surface area contributed by atoms with Crippen molar-refractivity contribution in [2.24, 2.45) is 5.92 Å². The molecule has 1 saturated heterocycles. The zero-order valence-electron chi connectivity index (χ0n) is 12.4. The zero-order chi connectivity index (χ0) is 13.4. The summed E-state index contributed by atoms with van der Waals surface area (Å²) < 4.78 is 5.94. The molecule has 1 aliphatic heterocycles. The summed E-state index contributed by atoms with van der Waals surface area (Å²) in [7, 11) is 2.22. The van der Waals surface area contributed by atoms with Crippen molar-refractivity contribution in [2.45, 2.75) is 57.7 Å². The number of nitrogens with one attached hydrogen (secondary N) is 1. The molecular weight excluding hydrogens is 236 g/mol. The first kappa shape index (κ1) is 13.2. The Morgan fingerprint density at radius 3 is 2.79 bits per heavy atom. The summed E-state index contributed by atoms with van der Waals surface area (Å²) in [4.78, 5) is 2.44. The van der Waals surface area contributed by atoms with Gasteiger partial charge in [-0.15, -0.1) is 0 Å². The number of rotatable bonds is 4. The molecule has 3 heteroatoms. The third-order valence-electron chi connectivity index (χ3n) is 4.93. The van der Waals surface area contributed by atoms with Crippen LogP contribution in [0.1, 0.15) is 50.5 Å². The Bertz CT molecular complexity index is 428. The maximum absolute atomic E-state index is 5.94. The lowest BCUT2D eigenvalue weighted by Crippen LogP contribution is -2.45. The van der Waals surface area contributed by atoms with E-state index in [4.69, 9.17) is 4.42 Å². The molecule has 0 aromatic carbocycles. The Hall–Kier alpha value is -0.800. The lowest BCUT2D eigenvalue weighted by atomic mass is 9.99. The number of hydrogen-bond donors (Lipinski definition) is 1. The van der Waals surface area contributed by atoms with Crippen LogP contribution in [0.3, 0.4) is 0 Å². The predicted molar refractivity (Wildman–Crippen MR) is 77.2 cm³/mol. The SMILES string of the molecule is CC1CC1c1ccc(CNC2CCN(C)C(C)C2)o1. The van der Waals surface area contributed by atoms with Crippen LogP contribution in [0.2, 0.25) is 0 Å². The van der Waals surface area contributed by atoms with Gasteiger partial charge in [-0.3, -0.25) is 0 Å². The van der Waals surface area contributed by atoms with Crippen LogP contribution in [-0.2, 0) is 6.54 Å². The average Bonchev–Trinajstić information content (AvgIpc) is 2.94. The van der Waals surface area contributed by atoms with Gasteiger partial charge in [0, 0.05) is 18.0 Å². The lowest BCUT2D eigenvalue weighted by Gasteiger charge is -2.35. The van der Waals surface area contributed by atoms with E-state index in [1.165, 1.54) is 31.6 Å². The van der Waals surface area contributed by atoms with Crippen molar-refractivity contribution in [2.75, 3.05) is 13.6 Å². The Kier molecular flexibility index (Phi) is 3.68. The molecule has 0 amide bonds. The largest absolute Gasteiger partial charge is 0.464 e. The first-order valence-corrected chi connectivity index (χ1v) is 7.65. The molecule has 0 bridgehead atoms. The molecule has 1 aliphatic carbocycles. The summed E-state index contributed by atoms with van der Waals surface area (Å²) in [6.07, 6.45) is 3.78. The Labute approximate surface area is 116 Å². The van der Waals surface area contributed by atoms with Crippen LogP contribution in [0.25, 0.3) is 0 Å². The van der Waals surface area contributed by atoms with Gasteiger partial charge in [-0.25, -0.2) is 0 Å². The molecule has 1 saturated carbocycles. The van der Waals surface area contributed by atoms with E-state index < -0.39 is 0 Å². The second-order valence-electron chi connectivity index (χ2n) is 6.56. The van der Waals surface area contributed by atoms with Gasteiger partial charge in [-0.1, -0.05) is 6.92 Å². The average molecular weight is 262 g/mol. The first-order valence-electron chi connectivity index (χ1n) is 7.65. The molecule has 1 aromatic heterocycles. The topological polar surface area (TPSA) is 28.4 Å². The van der Waals surface area contributed by atoms with Crippen LogP contribution >= 0.6 is 0 Å². The van der Waals surface area contributed by atoms with E-state index in [-0.39, 0.29) is 0 Å². The van der Waals surface area contributed by atoms with Crippen molar-refractivity contribution in [3.05, 3.63) is 23.7 Å². The van der Waals surface area contributed by atoms with Gasteiger partial charge in [0.2, 0.25) is 0 Å². The van der Waals surface area contributed by atoms with Crippen LogP contribution in [0, 0.1) is 5.92 Å². The minimum Gasteiger partial charge on any atom is -0.464 e. The number of furan rings is 1. The number of hydrogen-bond acceptors (Lipinski definition) is 3. The van der Waals surface area contributed by atoms with E-state index >= 15 is 0 Å². The van der Waals surface area contributed by atoms with Gasteiger partial charge in [-0.2, -0.15) is 0 Å². The van der Waals surface area contributed by atoms with E-state index in [2.05, 4.69) is 43.2 Å². The maximum Gasteiger partial charge on any atom is 0.117 e. The summed E-state index contributed by atoms with van der Waals surface area (Å²) in [6.45, 7) is 6.68. The van der Waals surface area contributed by atoms with Crippen LogP contribution in [0.4, 0.5) is 0 Å². The molecule has 106 valence electrons. The van der Waals surface area contributed by atoms with E-state index in [1.54, 1.807) is 0 Å². The molecule has 1 aromatic rings. The Balaban J connectivity index is 1.48. The van der Waals surface area contributed by atoms with Gasteiger partial charge in [0.1, 0.15) is 11.5 Å².